The van der Waals surface area contributed by atoms with Crippen LogP contribution in [0.15, 0.2) is 109 Å². The van der Waals surface area contributed by atoms with Crippen molar-refractivity contribution in [2.45, 2.75) is 51.7 Å². The minimum atomic E-state index is -1.50. The molecule has 0 spiro atoms. The molecule has 0 atom stereocenters. The maximum absolute atomic E-state index is 13.6. The lowest BCUT2D eigenvalue weighted by Crippen LogP contribution is -2.43. The van der Waals surface area contributed by atoms with Crippen molar-refractivity contribution in [3.63, 3.8) is 0 Å². The second kappa shape index (κ2) is 18.8. The van der Waals surface area contributed by atoms with Gasteiger partial charge >= 0.3 is 11.9 Å². The van der Waals surface area contributed by atoms with E-state index in [0.29, 0.717) is 37.6 Å². The van der Waals surface area contributed by atoms with Gasteiger partial charge in [-0.25, -0.2) is 0 Å². The molecule has 0 heterocycles. The summed E-state index contributed by atoms with van der Waals surface area (Å²) in [7, 11) is 3.18. The molecule has 4 aromatic carbocycles. The summed E-state index contributed by atoms with van der Waals surface area (Å²) in [6.07, 6.45) is 1.23. The number of methoxy groups -OCH3 is 2. The summed E-state index contributed by atoms with van der Waals surface area (Å²) in [5.41, 5.74) is 1.41. The molecule has 0 saturated heterocycles. The third-order valence-electron chi connectivity index (χ3n) is 8.55. The summed E-state index contributed by atoms with van der Waals surface area (Å²) in [5.74, 6) is 0.0743. The Kier molecular flexibility index (Phi) is 14.2. The minimum absolute atomic E-state index is 0.144. The Labute approximate surface area is 290 Å². The number of carbonyl (C=O) groups is 2. The van der Waals surface area contributed by atoms with Gasteiger partial charge in [-0.15, -0.1) is 0 Å². The Morgan fingerprint density at radius 2 is 1.06 bits per heavy atom. The van der Waals surface area contributed by atoms with E-state index in [2.05, 4.69) is 36.4 Å². The van der Waals surface area contributed by atoms with Crippen molar-refractivity contribution in [2.24, 2.45) is 5.41 Å². The maximum atomic E-state index is 13.6. The van der Waals surface area contributed by atoms with E-state index in [4.69, 9.17) is 28.4 Å². The maximum Gasteiger partial charge on any atom is 0.323 e. The lowest BCUT2D eigenvalue weighted by atomic mass is 9.78. The van der Waals surface area contributed by atoms with Gasteiger partial charge in [0.1, 0.15) is 5.60 Å². The number of hydrogen-bond donors (Lipinski definition) is 0. The third kappa shape index (κ3) is 9.08. The fourth-order valence-corrected chi connectivity index (χ4v) is 6.16. The zero-order valence-corrected chi connectivity index (χ0v) is 29.0. The van der Waals surface area contributed by atoms with Crippen LogP contribution in [0.1, 0.15) is 61.8 Å². The van der Waals surface area contributed by atoms with Gasteiger partial charge in [0.15, 0.2) is 16.9 Å². The number of hydrogen-bond acceptors (Lipinski definition) is 8. The predicted octanol–water partition coefficient (Wildman–Crippen LogP) is 7.90. The molecule has 260 valence electrons. The molecule has 0 amide bonds. The van der Waals surface area contributed by atoms with Crippen LogP contribution < -0.4 is 9.47 Å². The van der Waals surface area contributed by atoms with Gasteiger partial charge in [-0.2, -0.15) is 0 Å². The van der Waals surface area contributed by atoms with Crippen molar-refractivity contribution in [2.75, 3.05) is 40.6 Å². The molecule has 0 bridgehead atoms. The number of benzene rings is 4. The summed E-state index contributed by atoms with van der Waals surface area (Å²) in [6, 6.07) is 35.9. The highest BCUT2D eigenvalue weighted by Crippen LogP contribution is 2.41. The van der Waals surface area contributed by atoms with Crippen molar-refractivity contribution >= 4 is 11.9 Å². The fraction of sp³-hybridized carbons (Fsp3) is 0.366. The van der Waals surface area contributed by atoms with Gasteiger partial charge in [0.25, 0.3) is 0 Å². The topological polar surface area (TPSA) is 89.5 Å². The molecule has 0 aliphatic heterocycles. The van der Waals surface area contributed by atoms with Crippen LogP contribution in [0.2, 0.25) is 0 Å². The van der Waals surface area contributed by atoms with Crippen molar-refractivity contribution in [3.05, 3.63) is 131 Å². The van der Waals surface area contributed by atoms with E-state index in [-0.39, 0.29) is 32.7 Å². The summed E-state index contributed by atoms with van der Waals surface area (Å²) in [5, 5.41) is 0. The second-order valence-electron chi connectivity index (χ2n) is 11.6. The van der Waals surface area contributed by atoms with Gasteiger partial charge in [-0.3, -0.25) is 9.59 Å². The van der Waals surface area contributed by atoms with Crippen LogP contribution in [0.25, 0.3) is 0 Å². The highest BCUT2D eigenvalue weighted by molar-refractivity contribution is 6.00. The molecular weight excluding hydrogens is 620 g/mol. The smallest absolute Gasteiger partial charge is 0.323 e. The zero-order valence-electron chi connectivity index (χ0n) is 29.0. The van der Waals surface area contributed by atoms with Gasteiger partial charge in [0.2, 0.25) is 0 Å². The number of esters is 2. The molecule has 49 heavy (non-hydrogen) atoms. The van der Waals surface area contributed by atoms with Crippen LogP contribution in [0.3, 0.4) is 0 Å². The highest BCUT2D eigenvalue weighted by atomic mass is 16.6. The zero-order chi connectivity index (χ0) is 35.0. The second-order valence-corrected chi connectivity index (χ2v) is 11.6. The SMILES string of the molecule is CCOC(=O)C(CCCOCc1ccc(OC)c(OC)c1)(CCCOC(c1ccccc1)(c1ccccc1)c1ccccc1)C(=O)OCC. The van der Waals surface area contributed by atoms with Gasteiger partial charge < -0.3 is 28.4 Å². The molecule has 8 heteroatoms. The first-order valence-corrected chi connectivity index (χ1v) is 16.9. The predicted molar refractivity (Wildman–Crippen MR) is 189 cm³/mol. The molecule has 0 radical (unpaired) electrons. The summed E-state index contributed by atoms with van der Waals surface area (Å²) < 4.78 is 34.6. The van der Waals surface area contributed by atoms with E-state index in [0.717, 1.165) is 22.3 Å². The molecule has 4 rings (SSSR count). The molecule has 0 fully saturated rings. The average molecular weight is 669 g/mol. The van der Waals surface area contributed by atoms with Gasteiger partial charge in [0, 0.05) is 13.2 Å². The first-order valence-electron chi connectivity index (χ1n) is 16.9. The normalized spacial score (nSPS) is 11.5. The van der Waals surface area contributed by atoms with E-state index in [1.807, 2.05) is 72.8 Å². The number of carbonyl (C=O) groups excluding carboxylic acids is 2. The molecule has 0 aromatic heterocycles. The van der Waals surface area contributed by atoms with Crippen LogP contribution in [-0.4, -0.2) is 52.6 Å². The third-order valence-corrected chi connectivity index (χ3v) is 8.55. The van der Waals surface area contributed by atoms with Crippen molar-refractivity contribution in [1.82, 2.24) is 0 Å². The average Bonchev–Trinajstić information content (AvgIpc) is 3.15. The Balaban J connectivity index is 1.54. The van der Waals surface area contributed by atoms with Gasteiger partial charge in [-0.05, 0) is 73.9 Å². The van der Waals surface area contributed by atoms with Crippen molar-refractivity contribution in [1.29, 1.82) is 0 Å². The van der Waals surface area contributed by atoms with E-state index >= 15 is 0 Å². The molecule has 0 saturated carbocycles. The molecule has 0 unspecified atom stereocenters. The summed E-state index contributed by atoms with van der Waals surface area (Å²) in [4.78, 5) is 27.2. The number of rotatable bonds is 20. The van der Waals surface area contributed by atoms with Crippen LogP contribution in [-0.2, 0) is 40.7 Å². The first-order chi connectivity index (χ1) is 23.9. The van der Waals surface area contributed by atoms with Crippen molar-refractivity contribution in [3.8, 4) is 11.5 Å². The summed E-state index contributed by atoms with van der Waals surface area (Å²) in [6.45, 7) is 4.67. The fourth-order valence-electron chi connectivity index (χ4n) is 6.16. The molecule has 8 nitrogen and oxygen atoms in total. The molecule has 4 aromatic rings. The van der Waals surface area contributed by atoms with E-state index in [9.17, 15) is 9.59 Å². The van der Waals surface area contributed by atoms with E-state index < -0.39 is 23.0 Å². The molecule has 0 aliphatic rings. The molecule has 0 aliphatic carbocycles. The van der Waals surface area contributed by atoms with E-state index in [1.54, 1.807) is 28.1 Å². The van der Waals surface area contributed by atoms with Crippen LogP contribution in [0.5, 0.6) is 11.5 Å². The highest BCUT2D eigenvalue weighted by Gasteiger charge is 2.48. The molecular formula is C41H48O8. The summed E-state index contributed by atoms with van der Waals surface area (Å²) >= 11 is 0. The quantitative estimate of drug-likeness (QED) is 0.0407. The Hall–Kier alpha value is -4.66. The Morgan fingerprint density at radius 1 is 0.592 bits per heavy atom. The van der Waals surface area contributed by atoms with Gasteiger partial charge in [-0.1, -0.05) is 97.1 Å². The van der Waals surface area contributed by atoms with Crippen LogP contribution in [0.4, 0.5) is 0 Å². The van der Waals surface area contributed by atoms with Crippen LogP contribution >= 0.6 is 0 Å². The monoisotopic (exact) mass is 668 g/mol. The first kappa shape index (κ1) is 37.2. The lowest BCUT2D eigenvalue weighted by molar-refractivity contribution is -0.174. The van der Waals surface area contributed by atoms with Crippen molar-refractivity contribution < 1.29 is 38.0 Å². The molecule has 0 N–H and O–H groups in total. The number of ether oxygens (including phenoxy) is 6. The van der Waals surface area contributed by atoms with Gasteiger partial charge in [0.05, 0.1) is 34.0 Å². The van der Waals surface area contributed by atoms with Crippen LogP contribution in [0, 0.1) is 5.41 Å². The Bertz CT molecular complexity index is 1460. The standard InChI is InChI=1S/C41H48O8/c1-5-47-38(42)40(39(43)48-6-2,26-16-28-46-31-32-24-25-36(44-3)37(30-32)45-4)27-17-29-49-41(33-18-10-7-11-19-33,34-20-12-8-13-21-34)35-22-14-9-15-23-35/h7-15,18-25,30H,5-6,16-17,26-29,31H2,1-4H3. The lowest BCUT2D eigenvalue weighted by Gasteiger charge is -2.36. The Morgan fingerprint density at radius 3 is 1.51 bits per heavy atom. The minimum Gasteiger partial charge on any atom is -0.493 e. The van der Waals surface area contributed by atoms with E-state index in [1.165, 1.54) is 0 Å². The largest absolute Gasteiger partial charge is 0.493 e.